The molecule has 13 rings (SSSR count). The van der Waals surface area contributed by atoms with Gasteiger partial charge in [-0.2, -0.15) is 0 Å². The molecule has 0 amide bonds. The summed E-state index contributed by atoms with van der Waals surface area (Å²) in [7, 11) is 0. The maximum absolute atomic E-state index is 2.46. The van der Waals surface area contributed by atoms with E-state index in [0.717, 1.165) is 28.3 Å². The monoisotopic (exact) mass is 916 g/mol. The summed E-state index contributed by atoms with van der Waals surface area (Å²) in [4.78, 5) is 2.35. The molecule has 0 atom stereocenters. The van der Waals surface area contributed by atoms with Gasteiger partial charge in [-0.1, -0.05) is 237 Å². The molecule has 0 radical (unpaired) electrons. The summed E-state index contributed by atoms with van der Waals surface area (Å²) in [5.74, 6) is 0. The average molecular weight is 917 g/mol. The number of fused-ring (bicyclic) bond motifs is 4. The van der Waals surface area contributed by atoms with E-state index in [0.29, 0.717) is 0 Å². The average Bonchev–Trinajstić information content (AvgIpc) is 3.80. The van der Waals surface area contributed by atoms with Gasteiger partial charge in [-0.15, -0.1) is 0 Å². The highest BCUT2D eigenvalue weighted by Gasteiger charge is 2.18. The highest BCUT2D eigenvalue weighted by Crippen LogP contribution is 2.41. The van der Waals surface area contributed by atoms with Crippen LogP contribution < -0.4 is 4.90 Å². The summed E-state index contributed by atoms with van der Waals surface area (Å²) in [6.07, 6.45) is 0. The van der Waals surface area contributed by atoms with E-state index in [2.05, 4.69) is 301 Å². The van der Waals surface area contributed by atoms with Gasteiger partial charge in [0, 0.05) is 33.4 Å². The lowest BCUT2D eigenvalue weighted by atomic mass is 9.97. The van der Waals surface area contributed by atoms with Gasteiger partial charge >= 0.3 is 0 Å². The minimum absolute atomic E-state index is 1.09. The SMILES string of the molecule is c1ccc(-c2ccc(-c3ccc(N(c4ccc(-c5ccccc5)cc4)c4ccc(-c5ccc(-c6ccccc6-n6c7ccccc7c7ccc(-c8cccc9ccccc89)cc76)cc5)cc4)cc3)cc2)cc1. The first-order valence-electron chi connectivity index (χ1n) is 24.7. The normalized spacial score (nSPS) is 11.3. The van der Waals surface area contributed by atoms with Crippen LogP contribution in [0.4, 0.5) is 17.1 Å². The number of benzene rings is 12. The highest BCUT2D eigenvalue weighted by molar-refractivity contribution is 6.11. The highest BCUT2D eigenvalue weighted by atomic mass is 15.1. The first-order chi connectivity index (χ1) is 35.7. The molecule has 0 aliphatic heterocycles. The molecule has 2 nitrogen and oxygen atoms in total. The summed E-state index contributed by atoms with van der Waals surface area (Å²) in [5, 5.41) is 4.99. The van der Waals surface area contributed by atoms with Crippen LogP contribution in [0.25, 0.3) is 105 Å². The molecule has 338 valence electrons. The number of nitrogens with zero attached hydrogens (tertiary/aromatic N) is 2. The summed E-state index contributed by atoms with van der Waals surface area (Å²) >= 11 is 0. The molecule has 2 heteroatoms. The van der Waals surface area contributed by atoms with E-state index < -0.39 is 0 Å². The Hall–Kier alpha value is -9.50. The van der Waals surface area contributed by atoms with Crippen LogP contribution >= 0.6 is 0 Å². The number of para-hydroxylation sites is 2. The topological polar surface area (TPSA) is 8.17 Å². The molecule has 0 saturated heterocycles. The van der Waals surface area contributed by atoms with Gasteiger partial charge in [0.1, 0.15) is 0 Å². The predicted molar refractivity (Wildman–Crippen MR) is 306 cm³/mol. The lowest BCUT2D eigenvalue weighted by Crippen LogP contribution is -2.09. The second kappa shape index (κ2) is 18.4. The largest absolute Gasteiger partial charge is 0.311 e. The Kier molecular flexibility index (Phi) is 10.9. The van der Waals surface area contributed by atoms with E-state index in [1.165, 1.54) is 93.8 Å². The van der Waals surface area contributed by atoms with Crippen LogP contribution in [-0.4, -0.2) is 4.57 Å². The van der Waals surface area contributed by atoms with Crippen molar-refractivity contribution in [2.24, 2.45) is 0 Å². The van der Waals surface area contributed by atoms with Crippen LogP contribution in [0.1, 0.15) is 0 Å². The van der Waals surface area contributed by atoms with Crippen molar-refractivity contribution in [1.29, 1.82) is 0 Å². The summed E-state index contributed by atoms with van der Waals surface area (Å²) in [6.45, 7) is 0. The van der Waals surface area contributed by atoms with Gasteiger partial charge in [0.2, 0.25) is 0 Å². The second-order valence-electron chi connectivity index (χ2n) is 18.5. The molecule has 0 unspecified atom stereocenters. The number of aromatic nitrogens is 1. The van der Waals surface area contributed by atoms with E-state index >= 15 is 0 Å². The molecule has 1 heterocycles. The quantitative estimate of drug-likeness (QED) is 0.133. The van der Waals surface area contributed by atoms with E-state index in [4.69, 9.17) is 0 Å². The Morgan fingerprint density at radius 1 is 0.222 bits per heavy atom. The van der Waals surface area contributed by atoms with Crippen molar-refractivity contribution in [3.8, 4) is 72.4 Å². The Balaban J connectivity index is 0.824. The van der Waals surface area contributed by atoms with Gasteiger partial charge < -0.3 is 9.47 Å². The van der Waals surface area contributed by atoms with E-state index in [9.17, 15) is 0 Å². The smallest absolute Gasteiger partial charge is 0.0547 e. The van der Waals surface area contributed by atoms with Crippen molar-refractivity contribution in [3.05, 3.63) is 291 Å². The van der Waals surface area contributed by atoms with Crippen LogP contribution in [0, 0.1) is 0 Å². The van der Waals surface area contributed by atoms with Crippen molar-refractivity contribution in [3.63, 3.8) is 0 Å². The molecule has 72 heavy (non-hydrogen) atoms. The van der Waals surface area contributed by atoms with Crippen molar-refractivity contribution in [1.82, 2.24) is 4.57 Å². The zero-order chi connectivity index (χ0) is 47.8. The number of anilines is 3. The minimum atomic E-state index is 1.09. The number of rotatable bonds is 10. The first kappa shape index (κ1) is 42.6. The Labute approximate surface area is 420 Å². The van der Waals surface area contributed by atoms with Gasteiger partial charge in [-0.3, -0.25) is 0 Å². The molecule has 0 aliphatic rings. The Bertz CT molecular complexity index is 4020. The van der Waals surface area contributed by atoms with Crippen molar-refractivity contribution >= 4 is 49.6 Å². The molecule has 13 aromatic rings. The Morgan fingerprint density at radius 3 is 1.15 bits per heavy atom. The molecule has 0 spiro atoms. The molecule has 0 aliphatic carbocycles. The van der Waals surface area contributed by atoms with Gasteiger partial charge in [0.25, 0.3) is 0 Å². The standard InChI is InChI=1S/C70H48N2/c1-3-14-49(15-4-1)51-26-28-52(29-27-51)55-36-43-61(44-37-55)71(60-41-34-54(35-42-60)50-16-5-2-6-17-50)62-45-38-56(39-46-62)53-30-32-58(33-31-53)65-21-9-11-24-68(65)72-69-25-12-10-22-66(69)67-47-40-59(48-70(67)72)64-23-13-19-57-18-7-8-20-63(57)64/h1-48H. The molecule has 12 aromatic carbocycles. The molecule has 0 N–H and O–H groups in total. The maximum atomic E-state index is 2.46. The van der Waals surface area contributed by atoms with Gasteiger partial charge in [-0.05, 0) is 127 Å². The number of hydrogen-bond acceptors (Lipinski definition) is 1. The fourth-order valence-corrected chi connectivity index (χ4v) is 10.6. The molecular formula is C70H48N2. The van der Waals surface area contributed by atoms with Crippen LogP contribution in [-0.2, 0) is 0 Å². The third kappa shape index (κ3) is 7.92. The van der Waals surface area contributed by atoms with Crippen LogP contribution in [0.5, 0.6) is 0 Å². The maximum Gasteiger partial charge on any atom is 0.0547 e. The van der Waals surface area contributed by atoms with Crippen LogP contribution in [0.2, 0.25) is 0 Å². The fourth-order valence-electron chi connectivity index (χ4n) is 10.6. The van der Waals surface area contributed by atoms with E-state index in [1.54, 1.807) is 0 Å². The molecule has 1 aromatic heterocycles. The zero-order valence-electron chi connectivity index (χ0n) is 39.6. The zero-order valence-corrected chi connectivity index (χ0v) is 39.6. The minimum Gasteiger partial charge on any atom is -0.311 e. The van der Waals surface area contributed by atoms with Crippen molar-refractivity contribution in [2.45, 2.75) is 0 Å². The lowest BCUT2D eigenvalue weighted by Gasteiger charge is -2.26. The molecule has 0 saturated carbocycles. The van der Waals surface area contributed by atoms with E-state index in [-0.39, 0.29) is 0 Å². The van der Waals surface area contributed by atoms with Crippen molar-refractivity contribution < 1.29 is 0 Å². The molecular weight excluding hydrogens is 869 g/mol. The summed E-state index contributed by atoms with van der Waals surface area (Å²) < 4.78 is 2.46. The third-order valence-electron chi connectivity index (χ3n) is 14.3. The molecule has 0 bridgehead atoms. The summed E-state index contributed by atoms with van der Waals surface area (Å²) in [5.41, 5.74) is 21.2. The third-order valence-corrected chi connectivity index (χ3v) is 14.3. The van der Waals surface area contributed by atoms with Gasteiger partial charge in [0.15, 0.2) is 0 Å². The fraction of sp³-hybridized carbons (Fsp3) is 0. The van der Waals surface area contributed by atoms with Crippen molar-refractivity contribution in [2.75, 3.05) is 4.90 Å². The molecule has 0 fully saturated rings. The van der Waals surface area contributed by atoms with Crippen LogP contribution in [0.3, 0.4) is 0 Å². The summed E-state index contributed by atoms with van der Waals surface area (Å²) in [6, 6.07) is 106. The van der Waals surface area contributed by atoms with Gasteiger partial charge in [-0.25, -0.2) is 0 Å². The predicted octanol–water partition coefficient (Wildman–Crippen LogP) is 19.4. The second-order valence-corrected chi connectivity index (χ2v) is 18.5. The number of hydrogen-bond donors (Lipinski definition) is 0. The Morgan fingerprint density at radius 2 is 0.597 bits per heavy atom. The van der Waals surface area contributed by atoms with E-state index in [1.807, 2.05) is 0 Å². The van der Waals surface area contributed by atoms with Gasteiger partial charge in [0.05, 0.1) is 16.7 Å². The first-order valence-corrected chi connectivity index (χ1v) is 24.7. The van der Waals surface area contributed by atoms with Crippen LogP contribution in [0.15, 0.2) is 291 Å². The lowest BCUT2D eigenvalue weighted by molar-refractivity contribution is 1.18.